The molecule has 3 rings (SSSR count). The first kappa shape index (κ1) is 19.5. The standard InChI is InChI=1S/C20H30FN5O/c1-2-22-20(23-10-9-19(27)25-11-3-4-12-25)26-15-13-24(14-16-26)18-7-5-17(21)6-8-18/h5-8H,2-4,9-16H2,1H3,(H,22,23). The van der Waals surface area contributed by atoms with Crippen LogP contribution in [0, 0.1) is 5.82 Å². The molecule has 2 aliphatic heterocycles. The molecule has 0 saturated carbocycles. The Hall–Kier alpha value is -2.31. The lowest BCUT2D eigenvalue weighted by Gasteiger charge is -2.37. The molecule has 1 N–H and O–H groups in total. The van der Waals surface area contributed by atoms with Gasteiger partial charge in [-0.2, -0.15) is 0 Å². The average Bonchev–Trinajstić information content (AvgIpc) is 3.23. The Kier molecular flexibility index (Phi) is 6.90. The molecule has 1 aromatic carbocycles. The zero-order valence-corrected chi connectivity index (χ0v) is 16.2. The molecule has 0 spiro atoms. The predicted octanol–water partition coefficient (Wildman–Crippen LogP) is 1.93. The van der Waals surface area contributed by atoms with E-state index >= 15 is 0 Å². The summed E-state index contributed by atoms with van der Waals surface area (Å²) in [5, 5.41) is 3.34. The number of amides is 1. The van der Waals surface area contributed by atoms with Gasteiger partial charge in [0.05, 0.1) is 6.54 Å². The molecule has 0 radical (unpaired) electrons. The Morgan fingerprint density at radius 2 is 1.70 bits per heavy atom. The summed E-state index contributed by atoms with van der Waals surface area (Å²) >= 11 is 0. The number of rotatable bonds is 5. The summed E-state index contributed by atoms with van der Waals surface area (Å²) in [5.41, 5.74) is 1.05. The number of halogens is 1. The first-order valence-corrected chi connectivity index (χ1v) is 9.99. The van der Waals surface area contributed by atoms with Gasteiger partial charge in [-0.25, -0.2) is 4.39 Å². The van der Waals surface area contributed by atoms with Gasteiger partial charge in [-0.1, -0.05) is 0 Å². The van der Waals surface area contributed by atoms with Crippen LogP contribution in [-0.4, -0.2) is 74.0 Å². The van der Waals surface area contributed by atoms with E-state index in [0.717, 1.165) is 70.3 Å². The van der Waals surface area contributed by atoms with Crippen molar-refractivity contribution >= 4 is 17.6 Å². The highest BCUT2D eigenvalue weighted by molar-refractivity contribution is 5.81. The van der Waals surface area contributed by atoms with E-state index in [-0.39, 0.29) is 11.7 Å². The first-order chi connectivity index (χ1) is 13.2. The number of benzene rings is 1. The molecule has 2 fully saturated rings. The van der Waals surface area contributed by atoms with Crippen molar-refractivity contribution in [2.75, 3.05) is 57.3 Å². The maximum atomic E-state index is 13.1. The van der Waals surface area contributed by atoms with Crippen LogP contribution in [0.4, 0.5) is 10.1 Å². The highest BCUT2D eigenvalue weighted by Gasteiger charge is 2.21. The van der Waals surface area contributed by atoms with Crippen molar-refractivity contribution < 1.29 is 9.18 Å². The number of likely N-dealkylation sites (tertiary alicyclic amines) is 1. The number of hydrogen-bond donors (Lipinski definition) is 1. The van der Waals surface area contributed by atoms with Crippen LogP contribution in [-0.2, 0) is 4.79 Å². The molecule has 1 amide bonds. The summed E-state index contributed by atoms with van der Waals surface area (Å²) in [6.45, 7) is 8.60. The summed E-state index contributed by atoms with van der Waals surface area (Å²) in [6, 6.07) is 6.66. The number of nitrogens with zero attached hydrogens (tertiary/aromatic N) is 4. The molecule has 0 unspecified atom stereocenters. The number of carbonyl (C=O) groups is 1. The van der Waals surface area contributed by atoms with Crippen molar-refractivity contribution in [1.29, 1.82) is 0 Å². The average molecular weight is 375 g/mol. The molecule has 1 aromatic rings. The van der Waals surface area contributed by atoms with E-state index in [2.05, 4.69) is 27.0 Å². The van der Waals surface area contributed by atoms with E-state index in [1.54, 1.807) is 0 Å². The van der Waals surface area contributed by atoms with Crippen molar-refractivity contribution in [3.63, 3.8) is 0 Å². The van der Waals surface area contributed by atoms with Gasteiger partial charge in [0.25, 0.3) is 0 Å². The van der Waals surface area contributed by atoms with Gasteiger partial charge in [-0.15, -0.1) is 0 Å². The number of nitrogens with one attached hydrogen (secondary N) is 1. The molecule has 0 aromatic heterocycles. The number of aliphatic imine (C=N–C) groups is 1. The lowest BCUT2D eigenvalue weighted by atomic mass is 10.2. The lowest BCUT2D eigenvalue weighted by Crippen LogP contribution is -2.52. The van der Waals surface area contributed by atoms with Gasteiger partial charge in [0, 0.05) is 57.9 Å². The Bertz CT molecular complexity index is 634. The van der Waals surface area contributed by atoms with Gasteiger partial charge in [0.2, 0.25) is 5.91 Å². The second kappa shape index (κ2) is 9.58. The molecule has 0 bridgehead atoms. The van der Waals surface area contributed by atoms with Crippen molar-refractivity contribution in [2.45, 2.75) is 26.2 Å². The smallest absolute Gasteiger partial charge is 0.224 e. The zero-order valence-electron chi connectivity index (χ0n) is 16.2. The van der Waals surface area contributed by atoms with E-state index in [4.69, 9.17) is 0 Å². The van der Waals surface area contributed by atoms with E-state index in [1.807, 2.05) is 17.0 Å². The number of hydrogen-bond acceptors (Lipinski definition) is 3. The minimum atomic E-state index is -0.206. The van der Waals surface area contributed by atoms with Gasteiger partial charge < -0.3 is 20.0 Å². The van der Waals surface area contributed by atoms with E-state index in [9.17, 15) is 9.18 Å². The van der Waals surface area contributed by atoms with Crippen LogP contribution in [0.3, 0.4) is 0 Å². The summed E-state index contributed by atoms with van der Waals surface area (Å²) in [6.07, 6.45) is 2.72. The molecule has 6 nitrogen and oxygen atoms in total. The first-order valence-electron chi connectivity index (χ1n) is 9.99. The Balaban J connectivity index is 1.51. The molecule has 0 atom stereocenters. The van der Waals surface area contributed by atoms with Crippen molar-refractivity contribution in [1.82, 2.24) is 15.1 Å². The second-order valence-electron chi connectivity index (χ2n) is 7.02. The van der Waals surface area contributed by atoms with Crippen LogP contribution in [0.15, 0.2) is 29.3 Å². The van der Waals surface area contributed by atoms with Gasteiger partial charge in [0.1, 0.15) is 5.82 Å². The fourth-order valence-electron chi connectivity index (χ4n) is 3.64. The minimum absolute atomic E-state index is 0.206. The summed E-state index contributed by atoms with van der Waals surface area (Å²) in [4.78, 5) is 23.3. The van der Waals surface area contributed by atoms with E-state index < -0.39 is 0 Å². The molecule has 148 valence electrons. The van der Waals surface area contributed by atoms with Crippen LogP contribution < -0.4 is 10.2 Å². The number of anilines is 1. The summed E-state index contributed by atoms with van der Waals surface area (Å²) < 4.78 is 13.1. The van der Waals surface area contributed by atoms with Crippen molar-refractivity contribution in [3.05, 3.63) is 30.1 Å². The Morgan fingerprint density at radius 3 is 2.33 bits per heavy atom. The van der Waals surface area contributed by atoms with Gasteiger partial charge in [-0.3, -0.25) is 9.79 Å². The Morgan fingerprint density at radius 1 is 1.04 bits per heavy atom. The Labute approximate surface area is 161 Å². The SMILES string of the molecule is CCNC(=NCCC(=O)N1CCCC1)N1CCN(c2ccc(F)cc2)CC1. The normalized spacial score (nSPS) is 18.1. The predicted molar refractivity (Wildman–Crippen MR) is 107 cm³/mol. The van der Waals surface area contributed by atoms with Gasteiger partial charge in [-0.05, 0) is 44.0 Å². The van der Waals surface area contributed by atoms with E-state index in [0.29, 0.717) is 13.0 Å². The number of carbonyl (C=O) groups excluding carboxylic acids is 1. The van der Waals surface area contributed by atoms with E-state index in [1.165, 1.54) is 12.1 Å². The summed E-state index contributed by atoms with van der Waals surface area (Å²) in [7, 11) is 0. The van der Waals surface area contributed by atoms with Crippen LogP contribution in [0.25, 0.3) is 0 Å². The van der Waals surface area contributed by atoms with Crippen molar-refractivity contribution in [3.8, 4) is 0 Å². The maximum Gasteiger partial charge on any atom is 0.224 e. The maximum absolute atomic E-state index is 13.1. The van der Waals surface area contributed by atoms with Crippen LogP contribution in [0.1, 0.15) is 26.2 Å². The largest absolute Gasteiger partial charge is 0.368 e. The molecule has 2 heterocycles. The molecular weight excluding hydrogens is 345 g/mol. The quantitative estimate of drug-likeness (QED) is 0.631. The topological polar surface area (TPSA) is 51.2 Å². The fraction of sp³-hybridized carbons (Fsp3) is 0.600. The monoisotopic (exact) mass is 375 g/mol. The molecule has 7 heteroatoms. The fourth-order valence-corrected chi connectivity index (χ4v) is 3.64. The number of guanidine groups is 1. The van der Waals surface area contributed by atoms with Crippen LogP contribution in [0.5, 0.6) is 0 Å². The second-order valence-corrected chi connectivity index (χ2v) is 7.02. The molecule has 2 aliphatic rings. The highest BCUT2D eigenvalue weighted by Crippen LogP contribution is 2.17. The highest BCUT2D eigenvalue weighted by atomic mass is 19.1. The van der Waals surface area contributed by atoms with Gasteiger partial charge >= 0.3 is 0 Å². The van der Waals surface area contributed by atoms with Crippen LogP contribution in [0.2, 0.25) is 0 Å². The lowest BCUT2D eigenvalue weighted by molar-refractivity contribution is -0.129. The molecule has 2 saturated heterocycles. The zero-order chi connectivity index (χ0) is 19.1. The van der Waals surface area contributed by atoms with Crippen LogP contribution >= 0.6 is 0 Å². The third-order valence-electron chi connectivity index (χ3n) is 5.15. The molecule has 0 aliphatic carbocycles. The van der Waals surface area contributed by atoms with Crippen molar-refractivity contribution in [2.24, 2.45) is 4.99 Å². The van der Waals surface area contributed by atoms with Gasteiger partial charge in [0.15, 0.2) is 5.96 Å². The third kappa shape index (κ3) is 5.34. The molecular formula is C20H30FN5O. The summed E-state index contributed by atoms with van der Waals surface area (Å²) in [5.74, 6) is 0.890. The third-order valence-corrected chi connectivity index (χ3v) is 5.15. The number of piperazine rings is 1. The molecule has 27 heavy (non-hydrogen) atoms. The minimum Gasteiger partial charge on any atom is -0.368 e.